The standard InChI is InChI=1S/C15H12ClF4NO2S/c1-21(9-10-2-4-11(17)5-3-10)24(22,23)12-6-7-14(16)13(8-12)15(18,19)20/h2-8H,9H2,1H3. The number of nitrogens with zero attached hydrogens (tertiary/aromatic N) is 1. The number of sulfonamides is 1. The normalized spacial score (nSPS) is 12.6. The average molecular weight is 382 g/mol. The van der Waals surface area contributed by atoms with Crippen LogP contribution in [0, 0.1) is 5.82 Å². The molecular formula is C15H12ClF4NO2S. The summed E-state index contributed by atoms with van der Waals surface area (Å²) < 4.78 is 77.2. The zero-order valence-corrected chi connectivity index (χ0v) is 13.9. The molecule has 0 aliphatic carbocycles. The van der Waals surface area contributed by atoms with Crippen LogP contribution in [0.15, 0.2) is 47.4 Å². The molecular weight excluding hydrogens is 370 g/mol. The van der Waals surface area contributed by atoms with Crippen LogP contribution in [-0.2, 0) is 22.7 Å². The molecule has 2 aromatic rings. The lowest BCUT2D eigenvalue weighted by Crippen LogP contribution is -2.26. The quantitative estimate of drug-likeness (QED) is 0.740. The highest BCUT2D eigenvalue weighted by molar-refractivity contribution is 7.89. The molecule has 0 unspecified atom stereocenters. The van der Waals surface area contributed by atoms with E-state index in [1.165, 1.54) is 31.3 Å². The first-order valence-corrected chi connectivity index (χ1v) is 8.41. The number of benzene rings is 2. The van der Waals surface area contributed by atoms with E-state index in [1.54, 1.807) is 0 Å². The van der Waals surface area contributed by atoms with Crippen molar-refractivity contribution in [3.63, 3.8) is 0 Å². The van der Waals surface area contributed by atoms with Crippen molar-refractivity contribution in [3.05, 3.63) is 64.4 Å². The second-order valence-corrected chi connectivity index (χ2v) is 7.48. The Bertz CT molecular complexity index is 836. The summed E-state index contributed by atoms with van der Waals surface area (Å²) in [7, 11) is -2.94. The Morgan fingerprint density at radius 1 is 1.08 bits per heavy atom. The van der Waals surface area contributed by atoms with Gasteiger partial charge in [-0.2, -0.15) is 17.5 Å². The molecule has 2 rings (SSSR count). The van der Waals surface area contributed by atoms with Crippen molar-refractivity contribution < 1.29 is 26.0 Å². The maximum Gasteiger partial charge on any atom is 0.417 e. The summed E-state index contributed by atoms with van der Waals surface area (Å²) in [5.41, 5.74) is -0.729. The molecule has 0 bridgehead atoms. The zero-order valence-electron chi connectivity index (χ0n) is 12.3. The topological polar surface area (TPSA) is 37.4 Å². The van der Waals surface area contributed by atoms with E-state index >= 15 is 0 Å². The number of halogens is 5. The van der Waals surface area contributed by atoms with Gasteiger partial charge in [0.05, 0.1) is 15.5 Å². The fourth-order valence-corrected chi connectivity index (χ4v) is 3.40. The van der Waals surface area contributed by atoms with Crippen molar-refractivity contribution in [1.82, 2.24) is 4.31 Å². The predicted molar refractivity (Wildman–Crippen MR) is 81.5 cm³/mol. The molecule has 0 aliphatic rings. The monoisotopic (exact) mass is 381 g/mol. The van der Waals surface area contributed by atoms with E-state index in [-0.39, 0.29) is 6.54 Å². The van der Waals surface area contributed by atoms with Crippen LogP contribution < -0.4 is 0 Å². The second kappa shape index (κ2) is 6.70. The SMILES string of the molecule is CN(Cc1ccc(F)cc1)S(=O)(=O)c1ccc(Cl)c(C(F)(F)F)c1. The lowest BCUT2D eigenvalue weighted by atomic mass is 10.2. The van der Waals surface area contributed by atoms with Crippen LogP contribution in [-0.4, -0.2) is 19.8 Å². The number of hydrogen-bond acceptors (Lipinski definition) is 2. The minimum absolute atomic E-state index is 0.118. The molecule has 0 fully saturated rings. The Hall–Kier alpha value is -1.64. The smallest absolute Gasteiger partial charge is 0.207 e. The van der Waals surface area contributed by atoms with Gasteiger partial charge in [0.25, 0.3) is 0 Å². The van der Waals surface area contributed by atoms with Crippen molar-refractivity contribution in [2.45, 2.75) is 17.6 Å². The first-order chi connectivity index (χ1) is 11.0. The zero-order chi connectivity index (χ0) is 18.1. The Balaban J connectivity index is 2.34. The van der Waals surface area contributed by atoms with Crippen molar-refractivity contribution in [3.8, 4) is 0 Å². The van der Waals surface area contributed by atoms with Crippen molar-refractivity contribution >= 4 is 21.6 Å². The lowest BCUT2D eigenvalue weighted by molar-refractivity contribution is -0.137. The highest BCUT2D eigenvalue weighted by Gasteiger charge is 2.35. The molecule has 2 aromatic carbocycles. The fourth-order valence-electron chi connectivity index (χ4n) is 1.99. The summed E-state index contributed by atoms with van der Waals surface area (Å²) in [6.07, 6.45) is -4.77. The highest BCUT2D eigenvalue weighted by atomic mass is 35.5. The van der Waals surface area contributed by atoms with E-state index in [1.807, 2.05) is 0 Å². The minimum Gasteiger partial charge on any atom is -0.207 e. The van der Waals surface area contributed by atoms with Crippen LogP contribution in [0.4, 0.5) is 17.6 Å². The summed E-state index contributed by atoms with van der Waals surface area (Å²) >= 11 is 5.49. The number of rotatable bonds is 4. The van der Waals surface area contributed by atoms with Gasteiger partial charge in [-0.3, -0.25) is 0 Å². The van der Waals surface area contributed by atoms with E-state index in [0.717, 1.165) is 16.4 Å². The number of hydrogen-bond donors (Lipinski definition) is 0. The molecule has 0 saturated heterocycles. The minimum atomic E-state index is -4.77. The van der Waals surface area contributed by atoms with Crippen LogP contribution in [0.3, 0.4) is 0 Å². The fraction of sp³-hybridized carbons (Fsp3) is 0.200. The van der Waals surface area contributed by atoms with Crippen LogP contribution >= 0.6 is 11.6 Å². The molecule has 0 amide bonds. The predicted octanol–water partition coefficient (Wildman–Crippen LogP) is 4.32. The molecule has 0 atom stereocenters. The first kappa shape index (κ1) is 18.7. The van der Waals surface area contributed by atoms with E-state index in [2.05, 4.69) is 0 Å². The molecule has 9 heteroatoms. The third kappa shape index (κ3) is 4.06. The molecule has 0 saturated carbocycles. The molecule has 130 valence electrons. The van der Waals surface area contributed by atoms with Crippen LogP contribution in [0.2, 0.25) is 5.02 Å². The maximum atomic E-state index is 12.9. The summed E-state index contributed by atoms with van der Waals surface area (Å²) in [6.45, 7) is -0.118. The van der Waals surface area contributed by atoms with E-state index < -0.39 is 37.5 Å². The summed E-state index contributed by atoms with van der Waals surface area (Å²) in [5.74, 6) is -0.475. The molecule has 0 radical (unpaired) electrons. The summed E-state index contributed by atoms with van der Waals surface area (Å²) in [4.78, 5) is -0.524. The van der Waals surface area contributed by atoms with Gasteiger partial charge in [-0.05, 0) is 35.9 Å². The molecule has 0 aliphatic heterocycles. The Morgan fingerprint density at radius 3 is 2.21 bits per heavy atom. The first-order valence-electron chi connectivity index (χ1n) is 6.59. The third-order valence-electron chi connectivity index (χ3n) is 3.27. The van der Waals surface area contributed by atoms with Crippen LogP contribution in [0.1, 0.15) is 11.1 Å². The average Bonchev–Trinajstić information content (AvgIpc) is 2.48. The Morgan fingerprint density at radius 2 is 1.67 bits per heavy atom. The Labute approximate surface area is 141 Å². The maximum absolute atomic E-state index is 12.9. The molecule has 0 N–H and O–H groups in total. The van der Waals surface area contributed by atoms with E-state index in [0.29, 0.717) is 11.6 Å². The third-order valence-corrected chi connectivity index (χ3v) is 5.40. The van der Waals surface area contributed by atoms with E-state index in [9.17, 15) is 26.0 Å². The second-order valence-electron chi connectivity index (χ2n) is 5.03. The number of alkyl halides is 3. The van der Waals surface area contributed by atoms with Gasteiger partial charge < -0.3 is 0 Å². The molecule has 24 heavy (non-hydrogen) atoms. The van der Waals surface area contributed by atoms with Gasteiger partial charge in [0.2, 0.25) is 10.0 Å². The Kier molecular flexibility index (Phi) is 5.22. The van der Waals surface area contributed by atoms with Crippen LogP contribution in [0.5, 0.6) is 0 Å². The van der Waals surface area contributed by atoms with Crippen molar-refractivity contribution in [2.24, 2.45) is 0 Å². The van der Waals surface area contributed by atoms with Gasteiger partial charge in [-0.1, -0.05) is 23.7 Å². The van der Waals surface area contributed by atoms with Crippen LogP contribution in [0.25, 0.3) is 0 Å². The molecule has 0 heterocycles. The van der Waals surface area contributed by atoms with Gasteiger partial charge in [0, 0.05) is 13.6 Å². The van der Waals surface area contributed by atoms with Gasteiger partial charge in [0.15, 0.2) is 0 Å². The molecule has 0 aromatic heterocycles. The van der Waals surface area contributed by atoms with Gasteiger partial charge in [-0.25, -0.2) is 12.8 Å². The molecule has 3 nitrogen and oxygen atoms in total. The molecule has 0 spiro atoms. The van der Waals surface area contributed by atoms with Gasteiger partial charge in [0.1, 0.15) is 5.82 Å². The summed E-state index contributed by atoms with van der Waals surface area (Å²) in [6, 6.07) is 7.52. The lowest BCUT2D eigenvalue weighted by Gasteiger charge is -2.18. The van der Waals surface area contributed by atoms with Gasteiger partial charge in [-0.15, -0.1) is 0 Å². The highest BCUT2D eigenvalue weighted by Crippen LogP contribution is 2.36. The van der Waals surface area contributed by atoms with Crippen molar-refractivity contribution in [1.29, 1.82) is 0 Å². The largest absolute Gasteiger partial charge is 0.417 e. The van der Waals surface area contributed by atoms with Gasteiger partial charge >= 0.3 is 6.18 Å². The summed E-state index contributed by atoms with van der Waals surface area (Å²) in [5, 5.41) is -0.581. The van der Waals surface area contributed by atoms with Crippen molar-refractivity contribution in [2.75, 3.05) is 7.05 Å². The van der Waals surface area contributed by atoms with E-state index in [4.69, 9.17) is 11.6 Å².